The number of nitrogens with zero attached hydrogens (tertiary/aromatic N) is 4. The van der Waals surface area contributed by atoms with Gasteiger partial charge in [0.05, 0.1) is 17.9 Å². The lowest BCUT2D eigenvalue weighted by molar-refractivity contribution is 0.479. The minimum Gasteiger partial charge on any atom is -0.363 e. The molecule has 2 heterocycles. The van der Waals surface area contributed by atoms with Gasteiger partial charge >= 0.3 is 0 Å². The van der Waals surface area contributed by atoms with Crippen molar-refractivity contribution >= 4 is 18.2 Å². The number of anilines is 1. The molecule has 1 N–H and O–H groups in total. The predicted octanol–water partition coefficient (Wildman–Crippen LogP) is 3.80. The fraction of sp³-hybridized carbons (Fsp3) is 0.600. The van der Waals surface area contributed by atoms with Crippen LogP contribution in [0, 0.1) is 6.92 Å². The molecule has 2 aromatic heterocycles. The number of hydrogen-bond donors (Lipinski definition) is 1. The van der Waals surface area contributed by atoms with Crippen molar-refractivity contribution in [3.05, 3.63) is 29.7 Å². The highest BCUT2D eigenvalue weighted by Gasteiger charge is 2.07. The second kappa shape index (κ2) is 8.08. The molecule has 2 aromatic rings. The molecule has 2 rings (SSSR count). The van der Waals surface area contributed by atoms with E-state index in [0.717, 1.165) is 37.4 Å². The Labute approximate surface area is 133 Å². The summed E-state index contributed by atoms with van der Waals surface area (Å²) in [5.41, 5.74) is 2.28. The molecule has 0 saturated carbocycles. The molecule has 0 aliphatic rings. The molecule has 21 heavy (non-hydrogen) atoms. The molecule has 0 amide bonds. The number of halogens is 1. The van der Waals surface area contributed by atoms with Crippen LogP contribution in [0.5, 0.6) is 0 Å². The lowest BCUT2D eigenvalue weighted by atomic mass is 10.3. The summed E-state index contributed by atoms with van der Waals surface area (Å²) < 4.78 is 4.09. The van der Waals surface area contributed by atoms with E-state index in [-0.39, 0.29) is 12.4 Å². The summed E-state index contributed by atoms with van der Waals surface area (Å²) in [5.74, 6) is 0.923. The monoisotopic (exact) mass is 311 g/mol. The molecule has 0 saturated heterocycles. The zero-order valence-corrected chi connectivity index (χ0v) is 14.2. The van der Waals surface area contributed by atoms with Crippen molar-refractivity contribution in [3.63, 3.8) is 0 Å². The fourth-order valence-electron chi connectivity index (χ4n) is 2.19. The van der Waals surface area contributed by atoms with E-state index in [0.29, 0.717) is 6.04 Å². The maximum Gasteiger partial charge on any atom is 0.148 e. The van der Waals surface area contributed by atoms with Gasteiger partial charge in [-0.3, -0.25) is 9.36 Å². The maximum atomic E-state index is 4.55. The summed E-state index contributed by atoms with van der Waals surface area (Å²) in [6.45, 7) is 10.3. The van der Waals surface area contributed by atoms with Crippen LogP contribution in [0.2, 0.25) is 0 Å². The van der Waals surface area contributed by atoms with Gasteiger partial charge in [-0.15, -0.1) is 12.4 Å². The summed E-state index contributed by atoms with van der Waals surface area (Å²) in [6.07, 6.45) is 4.21. The fourth-order valence-corrected chi connectivity index (χ4v) is 2.19. The van der Waals surface area contributed by atoms with Gasteiger partial charge in [0.2, 0.25) is 0 Å². The molecule has 0 aliphatic carbocycles. The lowest BCUT2D eigenvalue weighted by Gasteiger charge is -2.09. The first-order valence-electron chi connectivity index (χ1n) is 7.46. The Morgan fingerprint density at radius 2 is 2.05 bits per heavy atom. The molecular weight excluding hydrogens is 286 g/mol. The molecular formula is C15H26ClN5. The highest BCUT2D eigenvalue weighted by Crippen LogP contribution is 2.13. The topological polar surface area (TPSA) is 47.7 Å². The average Bonchev–Trinajstić information content (AvgIpc) is 3.03. The smallest absolute Gasteiger partial charge is 0.148 e. The minimum atomic E-state index is 0. The van der Waals surface area contributed by atoms with Crippen molar-refractivity contribution in [2.24, 2.45) is 0 Å². The van der Waals surface area contributed by atoms with Crippen molar-refractivity contribution in [3.8, 4) is 0 Å². The highest BCUT2D eigenvalue weighted by atomic mass is 35.5. The van der Waals surface area contributed by atoms with Crippen LogP contribution in [0.25, 0.3) is 0 Å². The van der Waals surface area contributed by atoms with Crippen molar-refractivity contribution in [2.75, 3.05) is 5.32 Å². The summed E-state index contributed by atoms with van der Waals surface area (Å²) in [4.78, 5) is 0. The van der Waals surface area contributed by atoms with Gasteiger partial charge in [0.1, 0.15) is 5.82 Å². The number of nitrogens with one attached hydrogen (secondary N) is 1. The second-order valence-corrected chi connectivity index (χ2v) is 5.29. The van der Waals surface area contributed by atoms with E-state index in [1.807, 2.05) is 23.9 Å². The van der Waals surface area contributed by atoms with Crippen LogP contribution in [0.3, 0.4) is 0 Å². The summed E-state index contributed by atoms with van der Waals surface area (Å²) in [6, 6.07) is 4.60. The molecule has 0 aliphatic heterocycles. The third kappa shape index (κ3) is 4.49. The number of rotatable bonds is 7. The first kappa shape index (κ1) is 17.6. The van der Waals surface area contributed by atoms with E-state index in [4.69, 9.17) is 0 Å². The molecule has 0 aromatic carbocycles. The first-order chi connectivity index (χ1) is 9.63. The van der Waals surface area contributed by atoms with Crippen LogP contribution in [0.4, 0.5) is 5.82 Å². The van der Waals surface area contributed by atoms with Gasteiger partial charge in [-0.05, 0) is 32.8 Å². The molecule has 0 spiro atoms. The van der Waals surface area contributed by atoms with Gasteiger partial charge in [0, 0.05) is 24.8 Å². The average molecular weight is 312 g/mol. The molecule has 0 fully saturated rings. The van der Waals surface area contributed by atoms with Gasteiger partial charge in [-0.2, -0.15) is 10.2 Å². The summed E-state index contributed by atoms with van der Waals surface area (Å²) in [5, 5.41) is 12.4. The molecule has 1 atom stereocenters. The van der Waals surface area contributed by atoms with Gasteiger partial charge < -0.3 is 5.32 Å². The Hall–Kier alpha value is -1.49. The van der Waals surface area contributed by atoms with Crippen LogP contribution < -0.4 is 5.32 Å². The van der Waals surface area contributed by atoms with Crippen LogP contribution in [0.1, 0.15) is 51.0 Å². The van der Waals surface area contributed by atoms with E-state index in [1.54, 1.807) is 0 Å². The maximum absolute atomic E-state index is 4.55. The lowest BCUT2D eigenvalue weighted by Crippen LogP contribution is -2.10. The second-order valence-electron chi connectivity index (χ2n) is 5.29. The van der Waals surface area contributed by atoms with Crippen molar-refractivity contribution in [2.45, 2.75) is 59.7 Å². The molecule has 6 heteroatoms. The SMILES string of the molecule is CCCn1nc(C)cc1CNc1ccn(C(C)CC)n1.Cl. The first-order valence-corrected chi connectivity index (χ1v) is 7.46. The number of hydrogen-bond acceptors (Lipinski definition) is 3. The predicted molar refractivity (Wildman–Crippen MR) is 89.1 cm³/mol. The third-order valence-electron chi connectivity index (χ3n) is 3.52. The van der Waals surface area contributed by atoms with Crippen LogP contribution in [0.15, 0.2) is 18.3 Å². The zero-order chi connectivity index (χ0) is 14.5. The molecule has 5 nitrogen and oxygen atoms in total. The normalized spacial score (nSPS) is 12.0. The van der Waals surface area contributed by atoms with Crippen LogP contribution >= 0.6 is 12.4 Å². The van der Waals surface area contributed by atoms with E-state index in [1.165, 1.54) is 5.69 Å². The molecule has 1 unspecified atom stereocenters. The van der Waals surface area contributed by atoms with Gasteiger partial charge in [0.25, 0.3) is 0 Å². The van der Waals surface area contributed by atoms with E-state index in [9.17, 15) is 0 Å². The Morgan fingerprint density at radius 1 is 1.29 bits per heavy atom. The summed E-state index contributed by atoms with van der Waals surface area (Å²) >= 11 is 0. The molecule has 0 radical (unpaired) electrons. The highest BCUT2D eigenvalue weighted by molar-refractivity contribution is 5.85. The van der Waals surface area contributed by atoms with Gasteiger partial charge in [-0.25, -0.2) is 0 Å². The van der Waals surface area contributed by atoms with Gasteiger partial charge in [-0.1, -0.05) is 13.8 Å². The van der Waals surface area contributed by atoms with E-state index < -0.39 is 0 Å². The van der Waals surface area contributed by atoms with Gasteiger partial charge in [0.15, 0.2) is 0 Å². The van der Waals surface area contributed by atoms with E-state index >= 15 is 0 Å². The Balaban J connectivity index is 0.00000220. The van der Waals surface area contributed by atoms with Crippen molar-refractivity contribution in [1.29, 1.82) is 0 Å². The Bertz CT molecular complexity index is 546. The van der Waals surface area contributed by atoms with E-state index in [2.05, 4.69) is 47.0 Å². The Kier molecular flexibility index (Phi) is 6.75. The van der Waals surface area contributed by atoms with Crippen molar-refractivity contribution < 1.29 is 0 Å². The largest absolute Gasteiger partial charge is 0.363 e. The van der Waals surface area contributed by atoms with Crippen molar-refractivity contribution in [1.82, 2.24) is 19.6 Å². The zero-order valence-electron chi connectivity index (χ0n) is 13.3. The number of aromatic nitrogens is 4. The minimum absolute atomic E-state index is 0. The Morgan fingerprint density at radius 3 is 2.71 bits per heavy atom. The third-order valence-corrected chi connectivity index (χ3v) is 3.52. The summed E-state index contributed by atoms with van der Waals surface area (Å²) in [7, 11) is 0. The quantitative estimate of drug-likeness (QED) is 0.846. The molecule has 0 bridgehead atoms. The standard InChI is InChI=1S/C15H25N5.ClH/c1-5-8-20-14(10-12(3)17-20)11-16-15-7-9-19(18-15)13(4)6-2;/h7,9-10,13H,5-6,8,11H2,1-4H3,(H,16,18);1H. The number of aryl methyl sites for hydroxylation is 2. The van der Waals surface area contributed by atoms with Crippen LogP contribution in [-0.4, -0.2) is 19.6 Å². The molecule has 118 valence electrons. The van der Waals surface area contributed by atoms with Crippen LogP contribution in [-0.2, 0) is 13.1 Å².